The fourth-order valence-corrected chi connectivity index (χ4v) is 3.05. The lowest BCUT2D eigenvalue weighted by Gasteiger charge is -2.16. The first-order chi connectivity index (χ1) is 9.04. The largest absolute Gasteiger partial charge is 0.229 e. The second-order valence-corrected chi connectivity index (χ2v) is 6.29. The van der Waals surface area contributed by atoms with Crippen LogP contribution < -0.4 is 5.14 Å². The number of hydrogen-bond donors (Lipinski definition) is 1. The second-order valence-electron chi connectivity index (χ2n) is 4.63. The molecule has 0 spiro atoms. The Bertz CT molecular complexity index is 609. The highest BCUT2D eigenvalue weighted by molar-refractivity contribution is 7.89. The fraction of sp³-hybridized carbons (Fsp3) is 0.200. The van der Waals surface area contributed by atoms with E-state index in [4.69, 9.17) is 5.14 Å². The zero-order valence-corrected chi connectivity index (χ0v) is 11.4. The van der Waals surface area contributed by atoms with Crippen molar-refractivity contribution in [1.82, 2.24) is 0 Å². The number of primary sulfonamides is 1. The van der Waals surface area contributed by atoms with E-state index in [2.05, 4.69) is 0 Å². The summed E-state index contributed by atoms with van der Waals surface area (Å²) in [5.74, 6) is -0.148. The molecule has 1 unspecified atom stereocenters. The van der Waals surface area contributed by atoms with Crippen molar-refractivity contribution in [2.75, 3.05) is 5.75 Å². The third-order valence-electron chi connectivity index (χ3n) is 3.03. The highest BCUT2D eigenvalue weighted by atomic mass is 32.2. The molecule has 3 nitrogen and oxygen atoms in total. The van der Waals surface area contributed by atoms with Gasteiger partial charge >= 0.3 is 0 Å². The Hall–Kier alpha value is -1.65. The van der Waals surface area contributed by atoms with E-state index in [1.807, 2.05) is 60.7 Å². The van der Waals surface area contributed by atoms with Gasteiger partial charge in [0, 0.05) is 5.92 Å². The molecular formula is C15H17NO2S. The summed E-state index contributed by atoms with van der Waals surface area (Å²) in [4.78, 5) is 0. The van der Waals surface area contributed by atoms with Gasteiger partial charge in [0.2, 0.25) is 10.0 Å². The van der Waals surface area contributed by atoms with E-state index in [9.17, 15) is 8.42 Å². The van der Waals surface area contributed by atoms with E-state index >= 15 is 0 Å². The van der Waals surface area contributed by atoms with Crippen LogP contribution in [0, 0.1) is 0 Å². The lowest BCUT2D eigenvalue weighted by Crippen LogP contribution is -2.23. The molecule has 2 aromatic carbocycles. The number of benzene rings is 2. The highest BCUT2D eigenvalue weighted by Crippen LogP contribution is 2.22. The first kappa shape index (κ1) is 13.8. The van der Waals surface area contributed by atoms with Gasteiger partial charge in [-0.25, -0.2) is 13.6 Å². The van der Waals surface area contributed by atoms with Gasteiger partial charge < -0.3 is 0 Å². The monoisotopic (exact) mass is 275 g/mol. The number of rotatable bonds is 5. The van der Waals surface area contributed by atoms with Crippen molar-refractivity contribution in [2.45, 2.75) is 12.3 Å². The molecule has 2 N–H and O–H groups in total. The summed E-state index contributed by atoms with van der Waals surface area (Å²) in [5.41, 5.74) is 2.11. The molecule has 0 fully saturated rings. The third kappa shape index (κ3) is 4.50. The van der Waals surface area contributed by atoms with E-state index in [1.54, 1.807) is 0 Å². The van der Waals surface area contributed by atoms with Crippen molar-refractivity contribution < 1.29 is 8.42 Å². The summed E-state index contributed by atoms with van der Waals surface area (Å²) < 4.78 is 22.8. The van der Waals surface area contributed by atoms with Gasteiger partial charge in [-0.05, 0) is 17.5 Å². The second kappa shape index (κ2) is 5.99. The summed E-state index contributed by atoms with van der Waals surface area (Å²) in [7, 11) is -3.49. The van der Waals surface area contributed by atoms with Gasteiger partial charge in [-0.2, -0.15) is 0 Å². The summed E-state index contributed by atoms with van der Waals surface area (Å²) in [6.07, 6.45) is 0.668. The van der Waals surface area contributed by atoms with Crippen LogP contribution in [-0.2, 0) is 16.4 Å². The maximum Gasteiger partial charge on any atom is 0.209 e. The van der Waals surface area contributed by atoms with Crippen LogP contribution in [0.3, 0.4) is 0 Å². The normalized spacial score (nSPS) is 13.1. The molecular weight excluding hydrogens is 258 g/mol. The van der Waals surface area contributed by atoms with Crippen LogP contribution in [-0.4, -0.2) is 14.2 Å². The van der Waals surface area contributed by atoms with Gasteiger partial charge in [0.15, 0.2) is 0 Å². The molecule has 0 saturated carbocycles. The topological polar surface area (TPSA) is 60.2 Å². The molecule has 0 aliphatic carbocycles. The Labute approximate surface area is 114 Å². The van der Waals surface area contributed by atoms with Crippen LogP contribution in [0.4, 0.5) is 0 Å². The molecule has 4 heteroatoms. The predicted octanol–water partition coefficient (Wildman–Crippen LogP) is 2.30. The molecule has 0 radical (unpaired) electrons. The Balaban J connectivity index is 2.25. The molecule has 1 atom stereocenters. The van der Waals surface area contributed by atoms with Gasteiger partial charge in [0.05, 0.1) is 5.75 Å². The van der Waals surface area contributed by atoms with Crippen molar-refractivity contribution in [1.29, 1.82) is 0 Å². The average Bonchev–Trinajstić information content (AvgIpc) is 2.39. The van der Waals surface area contributed by atoms with Gasteiger partial charge in [-0.15, -0.1) is 0 Å². The molecule has 19 heavy (non-hydrogen) atoms. The number of nitrogens with two attached hydrogens (primary N) is 1. The van der Waals surface area contributed by atoms with Crippen molar-refractivity contribution in [3.8, 4) is 0 Å². The average molecular weight is 275 g/mol. The number of hydrogen-bond acceptors (Lipinski definition) is 2. The van der Waals surface area contributed by atoms with Gasteiger partial charge in [0.25, 0.3) is 0 Å². The maximum atomic E-state index is 11.4. The molecule has 2 aromatic rings. The molecule has 2 rings (SSSR count). The highest BCUT2D eigenvalue weighted by Gasteiger charge is 2.18. The number of sulfonamides is 1. The molecule has 0 amide bonds. The van der Waals surface area contributed by atoms with E-state index in [0.717, 1.165) is 11.1 Å². The molecule has 0 saturated heterocycles. The van der Waals surface area contributed by atoms with Gasteiger partial charge in [-0.1, -0.05) is 60.7 Å². The zero-order valence-electron chi connectivity index (χ0n) is 10.6. The molecule has 0 aliphatic heterocycles. The van der Waals surface area contributed by atoms with Crippen molar-refractivity contribution >= 4 is 10.0 Å². The van der Waals surface area contributed by atoms with Crippen LogP contribution in [0.2, 0.25) is 0 Å². The molecule has 0 aliphatic rings. The summed E-state index contributed by atoms with van der Waals surface area (Å²) in [6, 6.07) is 19.5. The van der Waals surface area contributed by atoms with Crippen LogP contribution in [0.15, 0.2) is 60.7 Å². The molecule has 0 aromatic heterocycles. The van der Waals surface area contributed by atoms with E-state index in [-0.39, 0.29) is 11.7 Å². The first-order valence-corrected chi connectivity index (χ1v) is 7.85. The van der Waals surface area contributed by atoms with Gasteiger partial charge in [-0.3, -0.25) is 0 Å². The van der Waals surface area contributed by atoms with Crippen molar-refractivity contribution in [2.24, 2.45) is 5.14 Å². The van der Waals surface area contributed by atoms with Crippen molar-refractivity contribution in [3.05, 3.63) is 71.8 Å². The summed E-state index contributed by atoms with van der Waals surface area (Å²) in [6.45, 7) is 0. The van der Waals surface area contributed by atoms with E-state index < -0.39 is 10.0 Å². The maximum absolute atomic E-state index is 11.4. The molecule has 0 bridgehead atoms. The van der Waals surface area contributed by atoms with Crippen molar-refractivity contribution in [3.63, 3.8) is 0 Å². The summed E-state index contributed by atoms with van der Waals surface area (Å²) >= 11 is 0. The van der Waals surface area contributed by atoms with Gasteiger partial charge in [0.1, 0.15) is 0 Å². The summed E-state index contributed by atoms with van der Waals surface area (Å²) in [5, 5.41) is 5.20. The quantitative estimate of drug-likeness (QED) is 0.910. The van der Waals surface area contributed by atoms with Crippen LogP contribution >= 0.6 is 0 Å². The molecule has 0 heterocycles. The Kier molecular flexibility index (Phi) is 4.35. The first-order valence-electron chi connectivity index (χ1n) is 6.14. The smallest absolute Gasteiger partial charge is 0.209 e. The zero-order chi connectivity index (χ0) is 13.7. The molecule has 100 valence electrons. The van der Waals surface area contributed by atoms with E-state index in [0.29, 0.717) is 6.42 Å². The lowest BCUT2D eigenvalue weighted by molar-refractivity contribution is 0.588. The van der Waals surface area contributed by atoms with Crippen LogP contribution in [0.5, 0.6) is 0 Å². The standard InChI is InChI=1S/C15H17NO2S/c16-19(17,18)12-15(14-9-5-2-6-10-14)11-13-7-3-1-4-8-13/h1-10,15H,11-12H2,(H2,16,17,18). The lowest BCUT2D eigenvalue weighted by atomic mass is 9.94. The predicted molar refractivity (Wildman–Crippen MR) is 77.3 cm³/mol. The SMILES string of the molecule is NS(=O)(=O)CC(Cc1ccccc1)c1ccccc1. The third-order valence-corrected chi connectivity index (χ3v) is 3.90. The van der Waals surface area contributed by atoms with Crippen LogP contribution in [0.25, 0.3) is 0 Å². The fourth-order valence-electron chi connectivity index (χ4n) is 2.18. The minimum Gasteiger partial charge on any atom is -0.229 e. The minimum absolute atomic E-state index is 0.0358. The Morgan fingerprint density at radius 1 is 0.895 bits per heavy atom. The van der Waals surface area contributed by atoms with E-state index in [1.165, 1.54) is 0 Å². The minimum atomic E-state index is -3.49. The Morgan fingerprint density at radius 3 is 1.95 bits per heavy atom. The Morgan fingerprint density at radius 2 is 1.42 bits per heavy atom. The van der Waals surface area contributed by atoms with Crippen LogP contribution in [0.1, 0.15) is 17.0 Å².